The third-order valence-electron chi connectivity index (χ3n) is 1.53. The molecule has 4 heteroatoms. The van der Waals surface area contributed by atoms with Gasteiger partial charge in [0.2, 0.25) is 0 Å². The lowest BCUT2D eigenvalue weighted by Gasteiger charge is -2.09. The van der Waals surface area contributed by atoms with Gasteiger partial charge in [-0.2, -0.15) is 11.8 Å². The number of thioether (sulfide) groups is 1. The number of ether oxygens (including phenoxy) is 1. The van der Waals surface area contributed by atoms with Gasteiger partial charge in [-0.1, -0.05) is 17.7 Å². The molecule has 0 aliphatic heterocycles. The smallest absolute Gasteiger partial charge is 0.160 e. The molecule has 0 heterocycles. The second-order valence-electron chi connectivity index (χ2n) is 2.50. The highest BCUT2D eigenvalue weighted by atomic mass is 35.5. The average molecular weight is 218 g/mol. The first-order valence-corrected chi connectivity index (χ1v) is 5.68. The van der Waals surface area contributed by atoms with E-state index in [1.165, 1.54) is 0 Å². The highest BCUT2D eigenvalue weighted by molar-refractivity contribution is 7.98. The van der Waals surface area contributed by atoms with Gasteiger partial charge in [0.05, 0.1) is 17.3 Å². The molecule has 0 atom stereocenters. The van der Waals surface area contributed by atoms with Crippen molar-refractivity contribution in [2.75, 3.05) is 24.3 Å². The van der Waals surface area contributed by atoms with Crippen LogP contribution in [0, 0.1) is 0 Å². The van der Waals surface area contributed by atoms with E-state index in [2.05, 4.69) is 0 Å². The Morgan fingerprint density at radius 1 is 1.54 bits per heavy atom. The Morgan fingerprint density at radius 2 is 2.31 bits per heavy atom. The molecule has 0 aromatic heterocycles. The molecule has 13 heavy (non-hydrogen) atoms. The molecule has 2 N–H and O–H groups in total. The van der Waals surface area contributed by atoms with Gasteiger partial charge in [-0.15, -0.1) is 0 Å². The van der Waals surface area contributed by atoms with Crippen LogP contribution in [0.5, 0.6) is 5.75 Å². The summed E-state index contributed by atoms with van der Waals surface area (Å²) in [6.45, 7) is 0.634. The zero-order chi connectivity index (χ0) is 9.68. The third-order valence-corrected chi connectivity index (χ3v) is 2.40. The summed E-state index contributed by atoms with van der Waals surface area (Å²) in [5.41, 5.74) is 6.28. The molecule has 0 spiro atoms. The van der Waals surface area contributed by atoms with Crippen molar-refractivity contribution < 1.29 is 4.74 Å². The van der Waals surface area contributed by atoms with Crippen molar-refractivity contribution in [1.29, 1.82) is 0 Å². The first kappa shape index (κ1) is 10.5. The van der Waals surface area contributed by atoms with Crippen molar-refractivity contribution in [3.63, 3.8) is 0 Å². The Labute approximate surface area is 87.4 Å². The molecule has 0 saturated carbocycles. The number of halogens is 1. The first-order valence-electron chi connectivity index (χ1n) is 3.91. The Kier molecular flexibility index (Phi) is 4.25. The summed E-state index contributed by atoms with van der Waals surface area (Å²) in [5.74, 6) is 1.53. The predicted octanol–water partition coefficient (Wildman–Crippen LogP) is 2.66. The highest BCUT2D eigenvalue weighted by Crippen LogP contribution is 2.30. The van der Waals surface area contributed by atoms with E-state index in [0.29, 0.717) is 23.1 Å². The Morgan fingerprint density at radius 3 is 2.92 bits per heavy atom. The molecule has 0 fully saturated rings. The van der Waals surface area contributed by atoms with Gasteiger partial charge in [0, 0.05) is 5.75 Å². The summed E-state index contributed by atoms with van der Waals surface area (Å²) in [4.78, 5) is 0. The first-order chi connectivity index (χ1) is 6.25. The van der Waals surface area contributed by atoms with Gasteiger partial charge in [0.25, 0.3) is 0 Å². The SMILES string of the molecule is CSCCOc1c(N)cccc1Cl. The van der Waals surface area contributed by atoms with Gasteiger partial charge >= 0.3 is 0 Å². The zero-order valence-corrected chi connectivity index (χ0v) is 8.99. The highest BCUT2D eigenvalue weighted by Gasteiger charge is 2.04. The van der Waals surface area contributed by atoms with Crippen molar-refractivity contribution in [2.24, 2.45) is 0 Å². The van der Waals surface area contributed by atoms with Crippen LogP contribution in [0.3, 0.4) is 0 Å². The van der Waals surface area contributed by atoms with Crippen molar-refractivity contribution in [3.05, 3.63) is 23.2 Å². The summed E-state index contributed by atoms with van der Waals surface area (Å²) in [6, 6.07) is 5.35. The maximum atomic E-state index is 5.90. The van der Waals surface area contributed by atoms with E-state index in [9.17, 15) is 0 Å². The molecule has 0 radical (unpaired) electrons. The molecule has 0 unspecified atom stereocenters. The average Bonchev–Trinajstić information content (AvgIpc) is 2.10. The van der Waals surface area contributed by atoms with E-state index in [4.69, 9.17) is 22.1 Å². The Hall–Kier alpha value is -0.540. The second-order valence-corrected chi connectivity index (χ2v) is 3.89. The molecule has 0 bridgehead atoms. The monoisotopic (exact) mass is 217 g/mol. The molecular weight excluding hydrogens is 206 g/mol. The summed E-state index contributed by atoms with van der Waals surface area (Å²) in [6.07, 6.45) is 2.03. The summed E-state index contributed by atoms with van der Waals surface area (Å²) >= 11 is 7.62. The molecule has 0 saturated heterocycles. The van der Waals surface area contributed by atoms with Crippen LogP contribution < -0.4 is 10.5 Å². The van der Waals surface area contributed by atoms with Crippen molar-refractivity contribution in [1.82, 2.24) is 0 Å². The number of rotatable bonds is 4. The van der Waals surface area contributed by atoms with Crippen LogP contribution in [0.2, 0.25) is 5.02 Å². The minimum Gasteiger partial charge on any atom is -0.489 e. The van der Waals surface area contributed by atoms with Crippen LogP contribution in [0.1, 0.15) is 0 Å². The molecule has 72 valence electrons. The molecule has 1 aromatic rings. The number of nitrogens with two attached hydrogens (primary N) is 1. The lowest BCUT2D eigenvalue weighted by atomic mass is 10.3. The van der Waals surface area contributed by atoms with Gasteiger partial charge in [-0.05, 0) is 18.4 Å². The van der Waals surface area contributed by atoms with E-state index in [1.54, 1.807) is 30.0 Å². The molecule has 0 aliphatic carbocycles. The number of hydrogen-bond acceptors (Lipinski definition) is 3. The van der Waals surface area contributed by atoms with Gasteiger partial charge in [0.1, 0.15) is 0 Å². The normalized spacial score (nSPS) is 10.0. The Bertz CT molecular complexity index is 260. The van der Waals surface area contributed by atoms with Crippen LogP contribution in [0.15, 0.2) is 18.2 Å². The van der Waals surface area contributed by atoms with Gasteiger partial charge in [-0.3, -0.25) is 0 Å². The largest absolute Gasteiger partial charge is 0.489 e. The van der Waals surface area contributed by atoms with Gasteiger partial charge in [-0.25, -0.2) is 0 Å². The molecular formula is C9H12ClNOS. The van der Waals surface area contributed by atoms with Crippen molar-refractivity contribution in [2.45, 2.75) is 0 Å². The van der Waals surface area contributed by atoms with Gasteiger partial charge < -0.3 is 10.5 Å². The number of anilines is 1. The van der Waals surface area contributed by atoms with Crippen molar-refractivity contribution >= 4 is 29.1 Å². The number of nitrogen functional groups attached to an aromatic ring is 1. The molecule has 1 rings (SSSR count). The van der Waals surface area contributed by atoms with Crippen LogP contribution in [0.4, 0.5) is 5.69 Å². The molecule has 2 nitrogen and oxygen atoms in total. The third kappa shape index (κ3) is 3.01. The number of hydrogen-bond donors (Lipinski definition) is 1. The number of benzene rings is 1. The minimum atomic E-state index is 0.570. The Balaban J connectivity index is 2.64. The fourth-order valence-electron chi connectivity index (χ4n) is 0.905. The van der Waals surface area contributed by atoms with Crippen molar-refractivity contribution in [3.8, 4) is 5.75 Å². The summed E-state index contributed by atoms with van der Waals surface area (Å²) in [5, 5.41) is 0.570. The standard InChI is InChI=1S/C9H12ClNOS/c1-13-6-5-12-9-7(10)3-2-4-8(9)11/h2-4H,5-6,11H2,1H3. The van der Waals surface area contributed by atoms with Crippen LogP contribution in [-0.4, -0.2) is 18.6 Å². The maximum Gasteiger partial charge on any atom is 0.160 e. The lowest BCUT2D eigenvalue weighted by molar-refractivity contribution is 0.346. The quantitative estimate of drug-likeness (QED) is 0.622. The predicted molar refractivity (Wildman–Crippen MR) is 59.7 cm³/mol. The second kappa shape index (κ2) is 5.25. The van der Waals surface area contributed by atoms with E-state index >= 15 is 0 Å². The fraction of sp³-hybridized carbons (Fsp3) is 0.333. The number of para-hydroxylation sites is 1. The van der Waals surface area contributed by atoms with Gasteiger partial charge in [0.15, 0.2) is 5.75 Å². The molecule has 1 aromatic carbocycles. The van der Waals surface area contributed by atoms with Crippen LogP contribution >= 0.6 is 23.4 Å². The van der Waals surface area contributed by atoms with E-state index < -0.39 is 0 Å². The van der Waals surface area contributed by atoms with Crippen LogP contribution in [-0.2, 0) is 0 Å². The minimum absolute atomic E-state index is 0.570. The fourth-order valence-corrected chi connectivity index (χ4v) is 1.39. The lowest BCUT2D eigenvalue weighted by Crippen LogP contribution is -2.02. The zero-order valence-electron chi connectivity index (χ0n) is 7.42. The van der Waals surface area contributed by atoms with E-state index in [1.807, 2.05) is 6.26 Å². The summed E-state index contributed by atoms with van der Waals surface area (Å²) in [7, 11) is 0. The maximum absolute atomic E-state index is 5.90. The molecule has 0 amide bonds. The van der Waals surface area contributed by atoms with Crippen LogP contribution in [0.25, 0.3) is 0 Å². The summed E-state index contributed by atoms with van der Waals surface area (Å²) < 4.78 is 5.43. The van der Waals surface area contributed by atoms with E-state index in [0.717, 1.165) is 5.75 Å². The molecule has 0 aliphatic rings. The topological polar surface area (TPSA) is 35.2 Å². The van der Waals surface area contributed by atoms with E-state index in [-0.39, 0.29) is 0 Å².